The van der Waals surface area contributed by atoms with Crippen LogP contribution in [0, 0.1) is 10.1 Å². The van der Waals surface area contributed by atoms with Crippen LogP contribution in [-0.4, -0.2) is 41.8 Å². The Labute approximate surface area is 154 Å². The predicted molar refractivity (Wildman–Crippen MR) is 96.3 cm³/mol. The second kappa shape index (κ2) is 8.82. The second-order valence-corrected chi connectivity index (χ2v) is 5.73. The van der Waals surface area contributed by atoms with E-state index in [0.717, 1.165) is 0 Å². The fourth-order valence-electron chi connectivity index (χ4n) is 2.00. The van der Waals surface area contributed by atoms with Gasteiger partial charge in [0.2, 0.25) is 5.91 Å². The van der Waals surface area contributed by atoms with Crippen molar-refractivity contribution in [1.29, 1.82) is 0 Å². The van der Waals surface area contributed by atoms with E-state index in [-0.39, 0.29) is 24.6 Å². The number of carbonyl (C=O) groups excluding carboxylic acids is 2. The minimum Gasteiger partial charge on any atom is -0.484 e. The molecule has 0 aliphatic heterocycles. The van der Waals surface area contributed by atoms with E-state index in [1.807, 2.05) is 0 Å². The molecule has 0 unspecified atom stereocenters. The number of non-ortho nitro benzene ring substituents is 1. The van der Waals surface area contributed by atoms with Crippen molar-refractivity contribution in [2.45, 2.75) is 0 Å². The SMILES string of the molecule is CN(CC(=O)Nc1ccccc1Cl)C(=O)COc1cccc([N+](=O)[O-])c1. The summed E-state index contributed by atoms with van der Waals surface area (Å²) >= 11 is 5.96. The lowest BCUT2D eigenvalue weighted by atomic mass is 10.3. The van der Waals surface area contributed by atoms with Crippen LogP contribution in [0.5, 0.6) is 5.75 Å². The number of rotatable bonds is 7. The van der Waals surface area contributed by atoms with Crippen molar-refractivity contribution in [3.8, 4) is 5.75 Å². The molecule has 0 bridgehead atoms. The van der Waals surface area contributed by atoms with Gasteiger partial charge in [-0.05, 0) is 18.2 Å². The van der Waals surface area contributed by atoms with E-state index in [1.165, 1.54) is 36.2 Å². The van der Waals surface area contributed by atoms with Crippen molar-refractivity contribution in [2.75, 3.05) is 25.5 Å². The van der Waals surface area contributed by atoms with Crippen LogP contribution in [0.4, 0.5) is 11.4 Å². The predicted octanol–water partition coefficient (Wildman–Crippen LogP) is 2.72. The highest BCUT2D eigenvalue weighted by Gasteiger charge is 2.15. The highest BCUT2D eigenvalue weighted by Crippen LogP contribution is 2.20. The molecular formula is C17H16ClN3O5. The lowest BCUT2D eigenvalue weighted by Crippen LogP contribution is -2.37. The normalized spacial score (nSPS) is 10.1. The number of benzene rings is 2. The van der Waals surface area contributed by atoms with Gasteiger partial charge in [-0.25, -0.2) is 0 Å². The summed E-state index contributed by atoms with van der Waals surface area (Å²) in [6.45, 7) is -0.542. The maximum absolute atomic E-state index is 12.1. The molecule has 0 atom stereocenters. The maximum Gasteiger partial charge on any atom is 0.273 e. The largest absolute Gasteiger partial charge is 0.484 e. The minimum absolute atomic E-state index is 0.137. The zero-order valence-electron chi connectivity index (χ0n) is 13.8. The molecule has 0 radical (unpaired) electrons. The number of nitro groups is 1. The van der Waals surface area contributed by atoms with Gasteiger partial charge in [-0.2, -0.15) is 0 Å². The molecule has 2 rings (SSSR count). The first kappa shape index (κ1) is 19.2. The van der Waals surface area contributed by atoms with Gasteiger partial charge in [-0.3, -0.25) is 19.7 Å². The van der Waals surface area contributed by atoms with Gasteiger partial charge in [-0.15, -0.1) is 0 Å². The van der Waals surface area contributed by atoms with Crippen LogP contribution in [0.3, 0.4) is 0 Å². The van der Waals surface area contributed by atoms with Crippen molar-refractivity contribution in [2.24, 2.45) is 0 Å². The summed E-state index contributed by atoms with van der Waals surface area (Å²) in [5.74, 6) is -0.670. The number of likely N-dealkylation sites (N-methyl/N-ethyl adjacent to an activating group) is 1. The molecule has 1 N–H and O–H groups in total. The third kappa shape index (κ3) is 5.45. The third-order valence-electron chi connectivity index (χ3n) is 3.35. The fourth-order valence-corrected chi connectivity index (χ4v) is 2.18. The van der Waals surface area contributed by atoms with E-state index >= 15 is 0 Å². The van der Waals surface area contributed by atoms with Crippen molar-refractivity contribution in [3.63, 3.8) is 0 Å². The molecule has 136 valence electrons. The standard InChI is InChI=1S/C17H16ClN3O5/c1-20(10-16(22)19-15-8-3-2-7-14(15)18)17(23)11-26-13-6-4-5-12(9-13)21(24)25/h2-9H,10-11H2,1H3,(H,19,22). The Bertz CT molecular complexity index is 828. The molecule has 0 heterocycles. The lowest BCUT2D eigenvalue weighted by molar-refractivity contribution is -0.384. The molecule has 0 aromatic heterocycles. The molecule has 0 saturated carbocycles. The van der Waals surface area contributed by atoms with Crippen LogP contribution < -0.4 is 10.1 Å². The summed E-state index contributed by atoms with van der Waals surface area (Å²) in [6.07, 6.45) is 0. The highest BCUT2D eigenvalue weighted by molar-refractivity contribution is 6.33. The Morgan fingerprint density at radius 2 is 1.96 bits per heavy atom. The van der Waals surface area contributed by atoms with Gasteiger partial charge in [0.25, 0.3) is 11.6 Å². The van der Waals surface area contributed by atoms with E-state index in [4.69, 9.17) is 16.3 Å². The number of anilines is 1. The van der Waals surface area contributed by atoms with Crippen LogP contribution >= 0.6 is 11.6 Å². The quantitative estimate of drug-likeness (QED) is 0.590. The van der Waals surface area contributed by atoms with Crippen molar-refractivity contribution in [3.05, 3.63) is 63.7 Å². The monoisotopic (exact) mass is 377 g/mol. The zero-order valence-corrected chi connectivity index (χ0v) is 14.6. The number of carbonyl (C=O) groups is 2. The molecule has 0 saturated heterocycles. The summed E-state index contributed by atoms with van der Waals surface area (Å²) in [7, 11) is 1.45. The maximum atomic E-state index is 12.1. The molecule has 2 aromatic rings. The van der Waals surface area contributed by atoms with Gasteiger partial charge in [0, 0.05) is 13.1 Å². The van der Waals surface area contributed by atoms with E-state index in [0.29, 0.717) is 10.7 Å². The average molecular weight is 378 g/mol. The number of hydrogen-bond acceptors (Lipinski definition) is 5. The number of hydrogen-bond donors (Lipinski definition) is 1. The first-order valence-electron chi connectivity index (χ1n) is 7.52. The molecule has 26 heavy (non-hydrogen) atoms. The van der Waals surface area contributed by atoms with E-state index < -0.39 is 16.7 Å². The van der Waals surface area contributed by atoms with Gasteiger partial charge in [0.05, 0.1) is 28.2 Å². The Hall–Kier alpha value is -3.13. The minimum atomic E-state index is -0.556. The van der Waals surface area contributed by atoms with Crippen LogP contribution in [0.15, 0.2) is 48.5 Å². The number of nitro benzene ring substituents is 1. The topological polar surface area (TPSA) is 102 Å². The summed E-state index contributed by atoms with van der Waals surface area (Å²) in [5, 5.41) is 13.7. The molecule has 9 heteroatoms. The first-order valence-corrected chi connectivity index (χ1v) is 7.90. The molecule has 2 aromatic carbocycles. The molecule has 0 fully saturated rings. The number of nitrogens with one attached hydrogen (secondary N) is 1. The van der Waals surface area contributed by atoms with Crippen LogP contribution in [0.1, 0.15) is 0 Å². The summed E-state index contributed by atoms with van der Waals surface area (Å²) < 4.78 is 5.25. The van der Waals surface area contributed by atoms with Crippen LogP contribution in [-0.2, 0) is 9.59 Å². The Balaban J connectivity index is 1.85. The van der Waals surface area contributed by atoms with Gasteiger partial charge >= 0.3 is 0 Å². The summed E-state index contributed by atoms with van der Waals surface area (Å²) in [4.78, 5) is 35.4. The Morgan fingerprint density at radius 3 is 2.65 bits per heavy atom. The van der Waals surface area contributed by atoms with Gasteiger partial charge in [0.15, 0.2) is 6.61 Å². The van der Waals surface area contributed by atoms with Gasteiger partial charge < -0.3 is 15.0 Å². The average Bonchev–Trinajstić information content (AvgIpc) is 2.61. The lowest BCUT2D eigenvalue weighted by Gasteiger charge is -2.17. The van der Waals surface area contributed by atoms with Crippen molar-refractivity contribution in [1.82, 2.24) is 4.90 Å². The van der Waals surface area contributed by atoms with E-state index in [9.17, 15) is 19.7 Å². The van der Waals surface area contributed by atoms with E-state index in [2.05, 4.69) is 5.32 Å². The fraction of sp³-hybridized carbons (Fsp3) is 0.176. The number of nitrogens with zero attached hydrogens (tertiary/aromatic N) is 2. The summed E-state index contributed by atoms with van der Waals surface area (Å²) in [6, 6.07) is 12.2. The molecule has 0 aliphatic rings. The summed E-state index contributed by atoms with van der Waals surface area (Å²) in [5.41, 5.74) is 0.315. The Kier molecular flexibility index (Phi) is 6.51. The van der Waals surface area contributed by atoms with Gasteiger partial charge in [-0.1, -0.05) is 29.8 Å². The van der Waals surface area contributed by atoms with Crippen molar-refractivity contribution >= 4 is 34.8 Å². The molecular weight excluding hydrogens is 362 g/mol. The Morgan fingerprint density at radius 1 is 1.23 bits per heavy atom. The van der Waals surface area contributed by atoms with Crippen molar-refractivity contribution < 1.29 is 19.2 Å². The number of halogens is 1. The number of para-hydroxylation sites is 1. The van der Waals surface area contributed by atoms with Crippen LogP contribution in [0.25, 0.3) is 0 Å². The van der Waals surface area contributed by atoms with Gasteiger partial charge in [0.1, 0.15) is 5.75 Å². The first-order chi connectivity index (χ1) is 12.4. The van der Waals surface area contributed by atoms with Crippen LogP contribution in [0.2, 0.25) is 5.02 Å². The third-order valence-corrected chi connectivity index (χ3v) is 3.67. The van der Waals surface area contributed by atoms with E-state index in [1.54, 1.807) is 24.3 Å². The molecule has 0 spiro atoms. The number of amides is 2. The molecule has 2 amide bonds. The molecule has 0 aliphatic carbocycles. The smallest absolute Gasteiger partial charge is 0.273 e. The number of ether oxygens (including phenoxy) is 1. The molecule has 8 nitrogen and oxygen atoms in total. The second-order valence-electron chi connectivity index (χ2n) is 5.32. The zero-order chi connectivity index (χ0) is 19.1. The highest BCUT2D eigenvalue weighted by atomic mass is 35.5.